The molecule has 148 valence electrons. The number of nitrogens with one attached hydrogen (secondary N) is 2. The largest absolute Gasteiger partial charge is 0.326 e. The molecule has 0 bridgehead atoms. The van der Waals surface area contributed by atoms with Crippen LogP contribution in [0, 0.1) is 12.8 Å². The van der Waals surface area contributed by atoms with Gasteiger partial charge in [0, 0.05) is 18.7 Å². The summed E-state index contributed by atoms with van der Waals surface area (Å²) in [6, 6.07) is 7.44. The van der Waals surface area contributed by atoms with Gasteiger partial charge in [0.1, 0.15) is 0 Å². The van der Waals surface area contributed by atoms with Crippen molar-refractivity contribution in [2.24, 2.45) is 18.1 Å². The fourth-order valence-electron chi connectivity index (χ4n) is 3.21. The van der Waals surface area contributed by atoms with Gasteiger partial charge in [0.15, 0.2) is 5.69 Å². The standard InChI is InChI=1S/C20H24BrN5O2/c1-12(23-24-20(28)18-17(21)13(2)26(3)25-18)14-8-10-16(11-9-14)22-19(27)15-6-4-5-7-15/h8-11,15H,4-7H2,1-3H3,(H,22,27)(H,24,28)/b23-12-. The zero-order valence-corrected chi connectivity index (χ0v) is 17.8. The first kappa shape index (κ1) is 20.3. The van der Waals surface area contributed by atoms with E-state index in [2.05, 4.69) is 36.9 Å². The molecule has 1 aromatic carbocycles. The van der Waals surface area contributed by atoms with Crippen molar-refractivity contribution >= 4 is 39.1 Å². The molecule has 1 saturated carbocycles. The molecule has 1 fully saturated rings. The summed E-state index contributed by atoms with van der Waals surface area (Å²) in [7, 11) is 1.78. The van der Waals surface area contributed by atoms with Crippen LogP contribution in [-0.2, 0) is 11.8 Å². The van der Waals surface area contributed by atoms with Gasteiger partial charge < -0.3 is 5.32 Å². The lowest BCUT2D eigenvalue weighted by molar-refractivity contribution is -0.119. The molecule has 1 aromatic heterocycles. The number of benzene rings is 1. The number of carbonyl (C=O) groups is 2. The summed E-state index contributed by atoms with van der Waals surface area (Å²) in [6.07, 6.45) is 4.21. The van der Waals surface area contributed by atoms with Gasteiger partial charge in [-0.3, -0.25) is 14.3 Å². The number of hydrogen-bond acceptors (Lipinski definition) is 4. The third-order valence-corrected chi connectivity index (χ3v) is 6.05. The van der Waals surface area contributed by atoms with E-state index >= 15 is 0 Å². The lowest BCUT2D eigenvalue weighted by Gasteiger charge is -2.10. The number of rotatable bonds is 5. The number of aryl methyl sites for hydroxylation is 1. The maximum Gasteiger partial charge on any atom is 0.293 e. The van der Waals surface area contributed by atoms with Gasteiger partial charge in [-0.2, -0.15) is 10.2 Å². The first-order valence-electron chi connectivity index (χ1n) is 9.32. The molecule has 7 nitrogen and oxygen atoms in total. The van der Waals surface area contributed by atoms with E-state index in [9.17, 15) is 9.59 Å². The van der Waals surface area contributed by atoms with Crippen LogP contribution < -0.4 is 10.7 Å². The Morgan fingerprint density at radius 3 is 2.43 bits per heavy atom. The Hall–Kier alpha value is -2.48. The number of nitrogens with zero attached hydrogens (tertiary/aromatic N) is 3. The summed E-state index contributed by atoms with van der Waals surface area (Å²) in [4.78, 5) is 24.5. The molecular formula is C20H24BrN5O2. The maximum absolute atomic E-state index is 12.3. The maximum atomic E-state index is 12.3. The fraction of sp³-hybridized carbons (Fsp3) is 0.400. The number of aromatic nitrogens is 2. The van der Waals surface area contributed by atoms with Gasteiger partial charge in [-0.1, -0.05) is 25.0 Å². The second kappa shape index (κ2) is 8.68. The number of hydrogen-bond donors (Lipinski definition) is 2. The van der Waals surface area contributed by atoms with E-state index in [1.165, 1.54) is 0 Å². The van der Waals surface area contributed by atoms with Crippen LogP contribution in [0.15, 0.2) is 33.8 Å². The van der Waals surface area contributed by atoms with Gasteiger partial charge in [-0.15, -0.1) is 0 Å². The number of anilines is 1. The Bertz CT molecular complexity index is 911. The molecule has 3 rings (SSSR count). The minimum atomic E-state index is -0.379. The third kappa shape index (κ3) is 4.49. The predicted molar refractivity (Wildman–Crippen MR) is 112 cm³/mol. The average Bonchev–Trinajstić information content (AvgIpc) is 3.31. The molecule has 0 atom stereocenters. The van der Waals surface area contributed by atoms with Crippen molar-refractivity contribution in [3.05, 3.63) is 45.7 Å². The van der Waals surface area contributed by atoms with Crippen LogP contribution in [0.25, 0.3) is 0 Å². The first-order valence-corrected chi connectivity index (χ1v) is 10.1. The number of hydrazone groups is 1. The highest BCUT2D eigenvalue weighted by Crippen LogP contribution is 2.26. The molecule has 1 heterocycles. The van der Waals surface area contributed by atoms with Crippen molar-refractivity contribution < 1.29 is 9.59 Å². The lowest BCUT2D eigenvalue weighted by atomic mass is 10.1. The van der Waals surface area contributed by atoms with Crippen LogP contribution in [0.2, 0.25) is 0 Å². The zero-order valence-electron chi connectivity index (χ0n) is 16.3. The summed E-state index contributed by atoms with van der Waals surface area (Å²) >= 11 is 3.38. The Labute approximate surface area is 172 Å². The van der Waals surface area contributed by atoms with Crippen LogP contribution in [0.1, 0.15) is 54.4 Å². The predicted octanol–water partition coefficient (Wildman–Crippen LogP) is 3.77. The highest BCUT2D eigenvalue weighted by atomic mass is 79.9. The van der Waals surface area contributed by atoms with E-state index in [0.717, 1.165) is 42.6 Å². The van der Waals surface area contributed by atoms with Crippen molar-refractivity contribution in [1.29, 1.82) is 0 Å². The van der Waals surface area contributed by atoms with Crippen LogP contribution >= 0.6 is 15.9 Å². The molecule has 0 aliphatic heterocycles. The Morgan fingerprint density at radius 2 is 1.86 bits per heavy atom. The molecule has 0 saturated heterocycles. The van der Waals surface area contributed by atoms with Gasteiger partial charge >= 0.3 is 0 Å². The van der Waals surface area contributed by atoms with E-state index in [1.54, 1.807) is 11.7 Å². The van der Waals surface area contributed by atoms with Crippen molar-refractivity contribution in [3.63, 3.8) is 0 Å². The van der Waals surface area contributed by atoms with E-state index in [1.807, 2.05) is 38.1 Å². The molecule has 2 amide bonds. The molecule has 0 unspecified atom stereocenters. The SMILES string of the molecule is C/C(=N/NC(=O)c1nn(C)c(C)c1Br)c1ccc(NC(=O)C2CCCC2)cc1. The molecule has 2 N–H and O–H groups in total. The molecule has 1 aliphatic carbocycles. The second-order valence-corrected chi connectivity index (χ2v) is 7.85. The van der Waals surface area contributed by atoms with Gasteiger partial charge in [-0.25, -0.2) is 5.43 Å². The summed E-state index contributed by atoms with van der Waals surface area (Å²) in [5.74, 6) is -0.151. The topological polar surface area (TPSA) is 88.4 Å². The van der Waals surface area contributed by atoms with E-state index in [0.29, 0.717) is 15.9 Å². The highest BCUT2D eigenvalue weighted by Gasteiger charge is 2.22. The molecule has 1 aliphatic rings. The van der Waals surface area contributed by atoms with Crippen LogP contribution in [0.3, 0.4) is 0 Å². The summed E-state index contributed by atoms with van der Waals surface area (Å²) in [6.45, 7) is 3.68. The third-order valence-electron chi connectivity index (χ3n) is 5.10. The van der Waals surface area contributed by atoms with Crippen LogP contribution in [-0.4, -0.2) is 27.3 Å². The highest BCUT2D eigenvalue weighted by molar-refractivity contribution is 9.10. The average molecular weight is 446 g/mol. The van der Waals surface area contributed by atoms with Crippen molar-refractivity contribution in [1.82, 2.24) is 15.2 Å². The molecule has 0 radical (unpaired) electrons. The van der Waals surface area contributed by atoms with Crippen molar-refractivity contribution in [2.75, 3.05) is 5.32 Å². The van der Waals surface area contributed by atoms with Crippen LogP contribution in [0.4, 0.5) is 5.69 Å². The van der Waals surface area contributed by atoms with Gasteiger partial charge in [0.2, 0.25) is 5.91 Å². The number of halogens is 1. The van der Waals surface area contributed by atoms with Crippen molar-refractivity contribution in [3.8, 4) is 0 Å². The van der Waals surface area contributed by atoms with Gasteiger partial charge in [-0.05, 0) is 60.3 Å². The normalized spacial score (nSPS) is 14.9. The van der Waals surface area contributed by atoms with E-state index in [4.69, 9.17) is 0 Å². The van der Waals surface area contributed by atoms with Crippen LogP contribution in [0.5, 0.6) is 0 Å². The smallest absolute Gasteiger partial charge is 0.293 e. The second-order valence-electron chi connectivity index (χ2n) is 7.06. The molecule has 28 heavy (non-hydrogen) atoms. The van der Waals surface area contributed by atoms with E-state index in [-0.39, 0.29) is 17.7 Å². The minimum absolute atomic E-state index is 0.0964. The molecule has 2 aromatic rings. The monoisotopic (exact) mass is 445 g/mol. The summed E-state index contributed by atoms with van der Waals surface area (Å²) < 4.78 is 2.29. The van der Waals surface area contributed by atoms with E-state index < -0.39 is 0 Å². The van der Waals surface area contributed by atoms with Crippen molar-refractivity contribution in [2.45, 2.75) is 39.5 Å². The lowest BCUT2D eigenvalue weighted by Crippen LogP contribution is -2.21. The summed E-state index contributed by atoms with van der Waals surface area (Å²) in [5, 5.41) is 11.3. The first-order chi connectivity index (χ1) is 13.4. The molecule has 0 spiro atoms. The number of amides is 2. The molecular weight excluding hydrogens is 422 g/mol. The quantitative estimate of drug-likeness (QED) is 0.541. The Kier molecular flexibility index (Phi) is 6.28. The Morgan fingerprint density at radius 1 is 1.21 bits per heavy atom. The van der Waals surface area contributed by atoms with Gasteiger partial charge in [0.25, 0.3) is 5.91 Å². The zero-order chi connectivity index (χ0) is 20.3. The molecule has 8 heteroatoms. The summed E-state index contributed by atoms with van der Waals surface area (Å²) in [5.41, 5.74) is 5.98. The van der Waals surface area contributed by atoms with Gasteiger partial charge in [0.05, 0.1) is 15.9 Å². The Balaban J connectivity index is 1.61. The number of carbonyl (C=O) groups excluding carboxylic acids is 2. The minimum Gasteiger partial charge on any atom is -0.326 e. The fourth-order valence-corrected chi connectivity index (χ4v) is 3.72.